The molecule has 1 saturated carbocycles. The SMILES string of the molecule is Cc1ccc(C(C)O)c(OCC(=O)NC2CC2)c1. The Morgan fingerprint density at radius 1 is 1.56 bits per heavy atom. The highest BCUT2D eigenvalue weighted by molar-refractivity contribution is 5.78. The smallest absolute Gasteiger partial charge is 0.258 e. The first-order valence-corrected chi connectivity index (χ1v) is 6.27. The zero-order valence-electron chi connectivity index (χ0n) is 10.8. The summed E-state index contributed by atoms with van der Waals surface area (Å²) >= 11 is 0. The van der Waals surface area contributed by atoms with E-state index in [0.717, 1.165) is 18.4 Å². The molecule has 0 radical (unpaired) electrons. The molecule has 2 N–H and O–H groups in total. The zero-order valence-corrected chi connectivity index (χ0v) is 10.8. The van der Waals surface area contributed by atoms with Crippen molar-refractivity contribution in [3.05, 3.63) is 29.3 Å². The first-order chi connectivity index (χ1) is 8.56. The van der Waals surface area contributed by atoms with E-state index in [0.29, 0.717) is 17.4 Å². The molecule has 1 aliphatic carbocycles. The van der Waals surface area contributed by atoms with Gasteiger partial charge in [-0.2, -0.15) is 0 Å². The number of rotatable bonds is 5. The summed E-state index contributed by atoms with van der Waals surface area (Å²) in [6, 6.07) is 5.93. The van der Waals surface area contributed by atoms with E-state index in [2.05, 4.69) is 5.32 Å². The summed E-state index contributed by atoms with van der Waals surface area (Å²) in [5.41, 5.74) is 1.75. The molecule has 1 aromatic carbocycles. The third-order valence-corrected chi connectivity index (χ3v) is 2.92. The molecule has 1 unspecified atom stereocenters. The lowest BCUT2D eigenvalue weighted by atomic mass is 10.1. The van der Waals surface area contributed by atoms with Crippen LogP contribution in [0.25, 0.3) is 0 Å². The van der Waals surface area contributed by atoms with Crippen LogP contribution in [0.15, 0.2) is 18.2 Å². The maximum Gasteiger partial charge on any atom is 0.258 e. The third kappa shape index (κ3) is 3.47. The van der Waals surface area contributed by atoms with Crippen LogP contribution in [0.2, 0.25) is 0 Å². The van der Waals surface area contributed by atoms with Gasteiger partial charge in [-0.25, -0.2) is 0 Å². The van der Waals surface area contributed by atoms with Crippen molar-refractivity contribution in [2.24, 2.45) is 0 Å². The number of benzene rings is 1. The zero-order chi connectivity index (χ0) is 13.1. The van der Waals surface area contributed by atoms with Crippen molar-refractivity contribution in [3.63, 3.8) is 0 Å². The van der Waals surface area contributed by atoms with Gasteiger partial charge in [-0.15, -0.1) is 0 Å². The molecule has 2 rings (SSSR count). The Labute approximate surface area is 107 Å². The molecule has 1 aliphatic rings. The predicted octanol–water partition coefficient (Wildman–Crippen LogP) is 1.71. The van der Waals surface area contributed by atoms with E-state index in [1.807, 2.05) is 25.1 Å². The van der Waals surface area contributed by atoms with Gasteiger partial charge < -0.3 is 15.2 Å². The summed E-state index contributed by atoms with van der Waals surface area (Å²) in [5.74, 6) is 0.478. The Morgan fingerprint density at radius 3 is 2.89 bits per heavy atom. The van der Waals surface area contributed by atoms with E-state index in [4.69, 9.17) is 4.74 Å². The lowest BCUT2D eigenvalue weighted by Crippen LogP contribution is -2.30. The number of carbonyl (C=O) groups is 1. The average molecular weight is 249 g/mol. The van der Waals surface area contributed by atoms with Crippen LogP contribution >= 0.6 is 0 Å². The second-order valence-electron chi connectivity index (χ2n) is 4.85. The molecule has 4 nitrogen and oxygen atoms in total. The van der Waals surface area contributed by atoms with Crippen LogP contribution in [0.4, 0.5) is 0 Å². The molecule has 1 amide bonds. The Morgan fingerprint density at radius 2 is 2.28 bits per heavy atom. The first kappa shape index (κ1) is 12.9. The van der Waals surface area contributed by atoms with Crippen LogP contribution < -0.4 is 10.1 Å². The van der Waals surface area contributed by atoms with E-state index in [-0.39, 0.29) is 12.5 Å². The summed E-state index contributed by atoms with van der Waals surface area (Å²) in [7, 11) is 0. The molecule has 98 valence electrons. The van der Waals surface area contributed by atoms with Crippen LogP contribution in [0.1, 0.15) is 37.0 Å². The number of ether oxygens (including phenoxy) is 1. The van der Waals surface area contributed by atoms with Gasteiger partial charge in [-0.3, -0.25) is 4.79 Å². The number of aliphatic hydroxyl groups excluding tert-OH is 1. The third-order valence-electron chi connectivity index (χ3n) is 2.92. The van der Waals surface area contributed by atoms with E-state index >= 15 is 0 Å². The predicted molar refractivity (Wildman–Crippen MR) is 68.5 cm³/mol. The van der Waals surface area contributed by atoms with Crippen LogP contribution in [-0.2, 0) is 4.79 Å². The maximum absolute atomic E-state index is 11.5. The van der Waals surface area contributed by atoms with Gasteiger partial charge in [0.05, 0.1) is 6.10 Å². The van der Waals surface area contributed by atoms with Crippen LogP contribution in [0.5, 0.6) is 5.75 Å². The highest BCUT2D eigenvalue weighted by Crippen LogP contribution is 2.26. The number of amides is 1. The minimum atomic E-state index is -0.605. The van der Waals surface area contributed by atoms with Crippen molar-refractivity contribution in [2.75, 3.05) is 6.61 Å². The Balaban J connectivity index is 1.98. The van der Waals surface area contributed by atoms with Crippen LogP contribution in [-0.4, -0.2) is 23.7 Å². The van der Waals surface area contributed by atoms with Gasteiger partial charge in [-0.1, -0.05) is 12.1 Å². The highest BCUT2D eigenvalue weighted by atomic mass is 16.5. The lowest BCUT2D eigenvalue weighted by Gasteiger charge is -2.14. The number of carbonyl (C=O) groups excluding carboxylic acids is 1. The summed E-state index contributed by atoms with van der Waals surface area (Å²) in [6.07, 6.45) is 1.52. The van der Waals surface area contributed by atoms with E-state index < -0.39 is 6.10 Å². The molecule has 0 aromatic heterocycles. The van der Waals surface area contributed by atoms with E-state index in [1.54, 1.807) is 6.92 Å². The van der Waals surface area contributed by atoms with Crippen LogP contribution in [0.3, 0.4) is 0 Å². The summed E-state index contributed by atoms with van der Waals surface area (Å²) in [5, 5.41) is 12.5. The Bertz CT molecular complexity index is 439. The summed E-state index contributed by atoms with van der Waals surface area (Å²) in [4.78, 5) is 11.5. The largest absolute Gasteiger partial charge is 0.483 e. The average Bonchev–Trinajstić information content (AvgIpc) is 3.10. The Hall–Kier alpha value is -1.55. The van der Waals surface area contributed by atoms with E-state index in [9.17, 15) is 9.90 Å². The monoisotopic (exact) mass is 249 g/mol. The molecular weight excluding hydrogens is 230 g/mol. The standard InChI is InChI=1S/C14H19NO3/c1-9-3-6-12(10(2)16)13(7-9)18-8-14(17)15-11-4-5-11/h3,6-7,10-11,16H,4-5,8H2,1-2H3,(H,15,17). The van der Waals surface area contributed by atoms with Crippen LogP contribution in [0, 0.1) is 6.92 Å². The second-order valence-corrected chi connectivity index (χ2v) is 4.85. The van der Waals surface area contributed by atoms with Crippen molar-refractivity contribution < 1.29 is 14.6 Å². The van der Waals surface area contributed by atoms with Gasteiger partial charge in [0.25, 0.3) is 5.91 Å². The quantitative estimate of drug-likeness (QED) is 0.835. The highest BCUT2D eigenvalue weighted by Gasteiger charge is 2.23. The fraction of sp³-hybridized carbons (Fsp3) is 0.500. The minimum absolute atomic E-state index is 0.000324. The molecule has 0 bridgehead atoms. The van der Waals surface area contributed by atoms with Crippen molar-refractivity contribution in [1.29, 1.82) is 0 Å². The van der Waals surface area contributed by atoms with Gasteiger partial charge in [0.2, 0.25) is 0 Å². The number of aliphatic hydroxyl groups is 1. The summed E-state index contributed by atoms with van der Waals surface area (Å²) in [6.45, 7) is 3.63. The van der Waals surface area contributed by atoms with Crippen molar-refractivity contribution in [1.82, 2.24) is 5.32 Å². The molecule has 1 aromatic rings. The van der Waals surface area contributed by atoms with Gasteiger partial charge in [-0.05, 0) is 38.3 Å². The molecule has 18 heavy (non-hydrogen) atoms. The maximum atomic E-state index is 11.5. The molecule has 0 heterocycles. The second kappa shape index (κ2) is 5.40. The number of aryl methyl sites for hydroxylation is 1. The fourth-order valence-corrected chi connectivity index (χ4v) is 1.75. The molecule has 0 saturated heterocycles. The minimum Gasteiger partial charge on any atom is -0.483 e. The topological polar surface area (TPSA) is 58.6 Å². The normalized spacial score (nSPS) is 16.2. The molecule has 1 fully saturated rings. The van der Waals surface area contributed by atoms with E-state index in [1.165, 1.54) is 0 Å². The number of hydrogen-bond acceptors (Lipinski definition) is 3. The van der Waals surface area contributed by atoms with Gasteiger partial charge >= 0.3 is 0 Å². The molecule has 0 aliphatic heterocycles. The molecule has 4 heteroatoms. The molecule has 0 spiro atoms. The first-order valence-electron chi connectivity index (χ1n) is 6.27. The van der Waals surface area contributed by atoms with Crippen molar-refractivity contribution in [2.45, 2.75) is 38.8 Å². The number of hydrogen-bond donors (Lipinski definition) is 2. The lowest BCUT2D eigenvalue weighted by molar-refractivity contribution is -0.123. The Kier molecular flexibility index (Phi) is 3.87. The fourth-order valence-electron chi connectivity index (χ4n) is 1.75. The van der Waals surface area contributed by atoms with Gasteiger partial charge in [0.1, 0.15) is 5.75 Å². The molecule has 1 atom stereocenters. The van der Waals surface area contributed by atoms with Crippen molar-refractivity contribution in [3.8, 4) is 5.75 Å². The molecular formula is C14H19NO3. The summed E-state index contributed by atoms with van der Waals surface area (Å²) < 4.78 is 5.50. The van der Waals surface area contributed by atoms with Gasteiger partial charge in [0, 0.05) is 11.6 Å². The van der Waals surface area contributed by atoms with Gasteiger partial charge in [0.15, 0.2) is 6.61 Å². The number of nitrogens with one attached hydrogen (secondary N) is 1. The van der Waals surface area contributed by atoms with Crippen molar-refractivity contribution >= 4 is 5.91 Å².